The van der Waals surface area contributed by atoms with Crippen molar-refractivity contribution in [1.29, 1.82) is 0 Å². The average Bonchev–Trinajstić information content (AvgIpc) is 3.11. The average molecular weight is 381 g/mol. The quantitative estimate of drug-likeness (QED) is 0.579. The van der Waals surface area contributed by atoms with Crippen molar-refractivity contribution in [3.05, 3.63) is 88.8 Å². The third-order valence-corrected chi connectivity index (χ3v) is 4.39. The highest BCUT2D eigenvalue weighted by atomic mass is 35.5. The molecule has 0 atom stereocenters. The summed E-state index contributed by atoms with van der Waals surface area (Å²) in [6, 6.07) is 16.7. The number of aromatic nitrogens is 3. The molecule has 2 heterocycles. The third kappa shape index (κ3) is 3.66. The zero-order chi connectivity index (χ0) is 18.8. The van der Waals surface area contributed by atoms with E-state index in [0.29, 0.717) is 34.2 Å². The second-order valence-corrected chi connectivity index (χ2v) is 6.42. The molecule has 0 spiro atoms. The van der Waals surface area contributed by atoms with Gasteiger partial charge in [-0.1, -0.05) is 23.7 Å². The minimum absolute atomic E-state index is 0.217. The smallest absolute Gasteiger partial charge is 0.253 e. The Hall–Kier alpha value is -3.25. The fraction of sp³-hybridized carbons (Fsp3) is 0.0500. The van der Waals surface area contributed by atoms with Gasteiger partial charge in [-0.15, -0.1) is 10.2 Å². The molecule has 0 unspecified atom stereocenters. The minimum Gasteiger partial charge on any atom is -0.348 e. The highest BCUT2D eigenvalue weighted by Crippen LogP contribution is 2.19. The number of carbonyl (C=O) groups is 1. The molecule has 134 valence electrons. The number of nitrogens with one attached hydrogen (secondary N) is 1. The zero-order valence-corrected chi connectivity index (χ0v) is 14.8. The van der Waals surface area contributed by atoms with E-state index in [2.05, 4.69) is 15.5 Å². The lowest BCUT2D eigenvalue weighted by Crippen LogP contribution is -2.23. The molecule has 0 aliphatic heterocycles. The van der Waals surface area contributed by atoms with Gasteiger partial charge in [0.15, 0.2) is 11.5 Å². The van der Waals surface area contributed by atoms with Gasteiger partial charge in [-0.2, -0.15) is 0 Å². The van der Waals surface area contributed by atoms with Crippen molar-refractivity contribution in [2.45, 2.75) is 6.54 Å². The van der Waals surface area contributed by atoms with Gasteiger partial charge >= 0.3 is 0 Å². The number of pyridine rings is 1. The molecule has 27 heavy (non-hydrogen) atoms. The van der Waals surface area contributed by atoms with Gasteiger partial charge in [-0.05, 0) is 54.1 Å². The van der Waals surface area contributed by atoms with Crippen molar-refractivity contribution in [3.63, 3.8) is 0 Å². The molecule has 4 rings (SSSR count). The van der Waals surface area contributed by atoms with Crippen molar-refractivity contribution in [2.24, 2.45) is 0 Å². The first-order chi connectivity index (χ1) is 13.1. The number of nitrogens with zero attached hydrogens (tertiary/aromatic N) is 3. The summed E-state index contributed by atoms with van der Waals surface area (Å²) in [5.74, 6) is -0.00204. The number of rotatable bonds is 4. The van der Waals surface area contributed by atoms with Gasteiger partial charge in [0.1, 0.15) is 5.82 Å². The van der Waals surface area contributed by atoms with Crippen LogP contribution in [0.5, 0.6) is 0 Å². The van der Waals surface area contributed by atoms with Gasteiger partial charge < -0.3 is 5.32 Å². The summed E-state index contributed by atoms with van der Waals surface area (Å²) in [6.07, 6.45) is 1.67. The summed E-state index contributed by atoms with van der Waals surface area (Å²) in [6.45, 7) is 0.390. The Morgan fingerprint density at radius 3 is 2.48 bits per heavy atom. The van der Waals surface area contributed by atoms with Crippen LogP contribution in [0.1, 0.15) is 15.9 Å². The third-order valence-electron chi connectivity index (χ3n) is 4.13. The van der Waals surface area contributed by atoms with Gasteiger partial charge in [0.25, 0.3) is 5.91 Å². The molecule has 1 N–H and O–H groups in total. The predicted molar refractivity (Wildman–Crippen MR) is 101 cm³/mol. The molecule has 2 aromatic heterocycles. The molecule has 4 aromatic rings. The second kappa shape index (κ2) is 7.17. The van der Waals surface area contributed by atoms with E-state index >= 15 is 0 Å². The second-order valence-electron chi connectivity index (χ2n) is 5.99. The van der Waals surface area contributed by atoms with Gasteiger partial charge in [0.05, 0.1) is 5.56 Å². The monoisotopic (exact) mass is 380 g/mol. The molecule has 0 aliphatic carbocycles. The van der Waals surface area contributed by atoms with Crippen LogP contribution < -0.4 is 5.32 Å². The van der Waals surface area contributed by atoms with E-state index in [0.717, 1.165) is 5.56 Å². The molecule has 7 heteroatoms. The van der Waals surface area contributed by atoms with Crippen LogP contribution in [0, 0.1) is 5.82 Å². The standard InChI is InChI=1S/C20H14ClFN4O/c21-16-6-1-13(2-7-16)11-23-20(27)15-5-10-18-24-25-19(26(18)12-15)14-3-8-17(22)9-4-14/h1-10,12H,11H2,(H,23,27). The Balaban J connectivity index is 1.58. The number of halogens is 2. The topological polar surface area (TPSA) is 59.3 Å². The van der Waals surface area contributed by atoms with E-state index in [-0.39, 0.29) is 11.7 Å². The van der Waals surface area contributed by atoms with Crippen LogP contribution in [0.15, 0.2) is 66.9 Å². The van der Waals surface area contributed by atoms with Crippen molar-refractivity contribution in [3.8, 4) is 11.4 Å². The van der Waals surface area contributed by atoms with E-state index in [1.165, 1.54) is 12.1 Å². The number of benzene rings is 2. The van der Waals surface area contributed by atoms with Crippen molar-refractivity contribution in [1.82, 2.24) is 19.9 Å². The van der Waals surface area contributed by atoms with E-state index in [1.807, 2.05) is 12.1 Å². The summed E-state index contributed by atoms with van der Waals surface area (Å²) < 4.78 is 14.9. The number of amides is 1. The van der Waals surface area contributed by atoms with Crippen molar-refractivity contribution < 1.29 is 9.18 Å². The molecule has 5 nitrogen and oxygen atoms in total. The van der Waals surface area contributed by atoms with Gasteiger partial charge in [-0.25, -0.2) is 4.39 Å². The molecule has 0 saturated heterocycles. The molecule has 1 amide bonds. The lowest BCUT2D eigenvalue weighted by atomic mass is 10.2. The Morgan fingerprint density at radius 2 is 1.74 bits per heavy atom. The summed E-state index contributed by atoms with van der Waals surface area (Å²) >= 11 is 5.87. The Morgan fingerprint density at radius 1 is 1.00 bits per heavy atom. The molecule has 0 saturated carbocycles. The highest BCUT2D eigenvalue weighted by Gasteiger charge is 2.12. The van der Waals surface area contributed by atoms with E-state index in [1.54, 1.807) is 47.0 Å². The number of hydrogen-bond acceptors (Lipinski definition) is 3. The summed E-state index contributed by atoms with van der Waals surface area (Å²) in [5.41, 5.74) is 2.73. The van der Waals surface area contributed by atoms with Crippen LogP contribution in [-0.2, 0) is 6.54 Å². The number of carbonyl (C=O) groups excluding carboxylic acids is 1. The fourth-order valence-electron chi connectivity index (χ4n) is 2.71. The Labute approximate surface area is 159 Å². The number of fused-ring (bicyclic) bond motifs is 1. The Kier molecular flexibility index (Phi) is 4.56. The normalized spacial score (nSPS) is 10.9. The predicted octanol–water partition coefficient (Wildman–Crippen LogP) is 4.12. The Bertz CT molecular complexity index is 1110. The first-order valence-corrected chi connectivity index (χ1v) is 8.61. The largest absolute Gasteiger partial charge is 0.348 e. The van der Waals surface area contributed by atoms with Gasteiger partial charge in [0.2, 0.25) is 0 Å². The van der Waals surface area contributed by atoms with Crippen LogP contribution in [-0.4, -0.2) is 20.5 Å². The molecular formula is C20H14ClFN4O. The summed E-state index contributed by atoms with van der Waals surface area (Å²) in [5, 5.41) is 11.8. The van der Waals surface area contributed by atoms with Crippen molar-refractivity contribution >= 4 is 23.2 Å². The highest BCUT2D eigenvalue weighted by molar-refractivity contribution is 6.30. The maximum absolute atomic E-state index is 13.2. The lowest BCUT2D eigenvalue weighted by molar-refractivity contribution is 0.0950. The van der Waals surface area contributed by atoms with E-state index < -0.39 is 0 Å². The minimum atomic E-state index is -0.324. The fourth-order valence-corrected chi connectivity index (χ4v) is 2.83. The molecule has 0 radical (unpaired) electrons. The molecule has 2 aromatic carbocycles. The van der Waals surface area contributed by atoms with Gasteiger partial charge in [0, 0.05) is 23.3 Å². The maximum Gasteiger partial charge on any atom is 0.253 e. The zero-order valence-electron chi connectivity index (χ0n) is 14.1. The first-order valence-electron chi connectivity index (χ1n) is 8.23. The number of hydrogen-bond donors (Lipinski definition) is 1. The molecule has 0 bridgehead atoms. The van der Waals surface area contributed by atoms with E-state index in [9.17, 15) is 9.18 Å². The summed E-state index contributed by atoms with van der Waals surface area (Å²) in [7, 11) is 0. The molecular weight excluding hydrogens is 367 g/mol. The molecule has 0 aliphatic rings. The van der Waals surface area contributed by atoms with Gasteiger partial charge in [-0.3, -0.25) is 9.20 Å². The SMILES string of the molecule is O=C(NCc1ccc(Cl)cc1)c1ccc2nnc(-c3ccc(F)cc3)n2c1. The van der Waals surface area contributed by atoms with Crippen LogP contribution >= 0.6 is 11.6 Å². The van der Waals surface area contributed by atoms with Crippen molar-refractivity contribution in [2.75, 3.05) is 0 Å². The van der Waals surface area contributed by atoms with Crippen LogP contribution in [0.4, 0.5) is 4.39 Å². The summed E-state index contributed by atoms with van der Waals surface area (Å²) in [4.78, 5) is 12.5. The van der Waals surface area contributed by atoms with E-state index in [4.69, 9.17) is 11.6 Å². The van der Waals surface area contributed by atoms with Crippen LogP contribution in [0.25, 0.3) is 17.0 Å². The van der Waals surface area contributed by atoms with Crippen LogP contribution in [0.3, 0.4) is 0 Å². The molecule has 0 fully saturated rings. The maximum atomic E-state index is 13.2. The van der Waals surface area contributed by atoms with Crippen LogP contribution in [0.2, 0.25) is 5.02 Å². The first kappa shape index (κ1) is 17.2. The lowest BCUT2D eigenvalue weighted by Gasteiger charge is -2.07.